The summed E-state index contributed by atoms with van der Waals surface area (Å²) in [6, 6.07) is 5.30. The van der Waals surface area contributed by atoms with Gasteiger partial charge in [-0.15, -0.1) is 0 Å². The largest absolute Gasteiger partial charge is 0.312 e. The van der Waals surface area contributed by atoms with Crippen LogP contribution in [-0.2, 0) is 6.54 Å². The van der Waals surface area contributed by atoms with E-state index in [0.717, 1.165) is 23.6 Å². The van der Waals surface area contributed by atoms with Crippen LogP contribution < -0.4 is 5.32 Å². The summed E-state index contributed by atoms with van der Waals surface area (Å²) in [6.07, 6.45) is 2.63. The molecule has 94 valence electrons. The molecule has 0 bridgehead atoms. The second-order valence-electron chi connectivity index (χ2n) is 5.72. The maximum atomic E-state index is 13.5. The quantitative estimate of drug-likeness (QED) is 0.821. The molecule has 0 aliphatic heterocycles. The SMILES string of the molecule is Cc1ccc(F)c(CNCC2(C(C)C)CC2)c1. The molecule has 0 heterocycles. The maximum Gasteiger partial charge on any atom is 0.127 e. The number of aryl methyl sites for hydroxylation is 1. The molecular formula is C15H22FN. The zero-order valence-corrected chi connectivity index (χ0v) is 11.0. The molecule has 1 fully saturated rings. The fourth-order valence-corrected chi connectivity index (χ4v) is 2.40. The van der Waals surface area contributed by atoms with Crippen molar-refractivity contribution in [3.8, 4) is 0 Å². The van der Waals surface area contributed by atoms with Gasteiger partial charge in [0, 0.05) is 18.7 Å². The molecule has 0 atom stereocenters. The van der Waals surface area contributed by atoms with Crippen LogP contribution in [0.5, 0.6) is 0 Å². The molecule has 0 aromatic heterocycles. The van der Waals surface area contributed by atoms with E-state index in [1.165, 1.54) is 12.8 Å². The molecule has 1 aromatic carbocycles. The van der Waals surface area contributed by atoms with E-state index in [1.807, 2.05) is 19.1 Å². The van der Waals surface area contributed by atoms with Crippen molar-refractivity contribution in [1.29, 1.82) is 0 Å². The van der Waals surface area contributed by atoms with Crippen LogP contribution >= 0.6 is 0 Å². The summed E-state index contributed by atoms with van der Waals surface area (Å²) >= 11 is 0. The third-order valence-electron chi connectivity index (χ3n) is 4.11. The Morgan fingerprint density at radius 1 is 1.35 bits per heavy atom. The van der Waals surface area contributed by atoms with Gasteiger partial charge in [0.15, 0.2) is 0 Å². The average Bonchev–Trinajstić information content (AvgIpc) is 3.04. The third-order valence-corrected chi connectivity index (χ3v) is 4.11. The third kappa shape index (κ3) is 2.86. The normalized spacial score (nSPS) is 17.5. The van der Waals surface area contributed by atoms with Gasteiger partial charge >= 0.3 is 0 Å². The van der Waals surface area contributed by atoms with Gasteiger partial charge in [0.1, 0.15) is 5.82 Å². The first-order chi connectivity index (χ1) is 8.03. The minimum atomic E-state index is -0.0995. The molecule has 2 rings (SSSR count). The first-order valence-corrected chi connectivity index (χ1v) is 6.49. The number of nitrogens with one attached hydrogen (secondary N) is 1. The maximum absolute atomic E-state index is 13.5. The van der Waals surface area contributed by atoms with Crippen LogP contribution in [0.3, 0.4) is 0 Å². The Bertz CT molecular complexity index is 394. The van der Waals surface area contributed by atoms with E-state index >= 15 is 0 Å². The van der Waals surface area contributed by atoms with Gasteiger partial charge in [-0.05, 0) is 37.2 Å². The molecule has 1 aromatic rings. The average molecular weight is 235 g/mol. The molecule has 17 heavy (non-hydrogen) atoms. The highest BCUT2D eigenvalue weighted by Crippen LogP contribution is 2.51. The van der Waals surface area contributed by atoms with Crippen LogP contribution in [-0.4, -0.2) is 6.54 Å². The number of benzene rings is 1. The molecule has 1 N–H and O–H groups in total. The Morgan fingerprint density at radius 2 is 2.06 bits per heavy atom. The van der Waals surface area contributed by atoms with Gasteiger partial charge in [0.25, 0.3) is 0 Å². The van der Waals surface area contributed by atoms with E-state index in [-0.39, 0.29) is 5.82 Å². The zero-order valence-electron chi connectivity index (χ0n) is 11.0. The van der Waals surface area contributed by atoms with Crippen molar-refractivity contribution in [1.82, 2.24) is 5.32 Å². The van der Waals surface area contributed by atoms with Crippen molar-refractivity contribution in [2.24, 2.45) is 11.3 Å². The summed E-state index contributed by atoms with van der Waals surface area (Å²) in [4.78, 5) is 0. The highest BCUT2D eigenvalue weighted by molar-refractivity contribution is 5.23. The summed E-state index contributed by atoms with van der Waals surface area (Å²) < 4.78 is 13.5. The molecule has 2 heteroatoms. The Balaban J connectivity index is 1.88. The number of halogens is 1. The topological polar surface area (TPSA) is 12.0 Å². The predicted octanol–water partition coefficient (Wildman–Crippen LogP) is 3.66. The van der Waals surface area contributed by atoms with E-state index in [2.05, 4.69) is 19.2 Å². The van der Waals surface area contributed by atoms with Gasteiger partial charge in [0.05, 0.1) is 0 Å². The van der Waals surface area contributed by atoms with Crippen LogP contribution in [0.15, 0.2) is 18.2 Å². The highest BCUT2D eigenvalue weighted by Gasteiger charge is 2.44. The minimum absolute atomic E-state index is 0.0995. The second kappa shape index (κ2) is 4.77. The number of hydrogen-bond acceptors (Lipinski definition) is 1. The first-order valence-electron chi connectivity index (χ1n) is 6.49. The van der Waals surface area contributed by atoms with Crippen molar-refractivity contribution >= 4 is 0 Å². The minimum Gasteiger partial charge on any atom is -0.312 e. The van der Waals surface area contributed by atoms with Crippen LogP contribution in [0.2, 0.25) is 0 Å². The molecule has 0 saturated heterocycles. The lowest BCUT2D eigenvalue weighted by Crippen LogP contribution is -2.27. The molecule has 0 radical (unpaired) electrons. The Hall–Kier alpha value is -0.890. The van der Waals surface area contributed by atoms with Gasteiger partial charge in [-0.3, -0.25) is 0 Å². The van der Waals surface area contributed by atoms with Crippen molar-refractivity contribution < 1.29 is 4.39 Å². The summed E-state index contributed by atoms with van der Waals surface area (Å²) in [7, 11) is 0. The summed E-state index contributed by atoms with van der Waals surface area (Å²) in [5, 5.41) is 3.41. The molecule has 0 unspecified atom stereocenters. The lowest BCUT2D eigenvalue weighted by atomic mass is 9.92. The van der Waals surface area contributed by atoms with E-state index in [9.17, 15) is 4.39 Å². The number of rotatable bonds is 5. The van der Waals surface area contributed by atoms with Crippen LogP contribution in [0.25, 0.3) is 0 Å². The molecule has 0 amide bonds. The molecular weight excluding hydrogens is 213 g/mol. The van der Waals surface area contributed by atoms with Gasteiger partial charge in [-0.2, -0.15) is 0 Å². The van der Waals surface area contributed by atoms with Crippen molar-refractivity contribution in [3.63, 3.8) is 0 Å². The van der Waals surface area contributed by atoms with Crippen LogP contribution in [0, 0.1) is 24.1 Å². The van der Waals surface area contributed by atoms with Crippen molar-refractivity contribution in [3.05, 3.63) is 35.1 Å². The van der Waals surface area contributed by atoms with E-state index in [1.54, 1.807) is 6.07 Å². The van der Waals surface area contributed by atoms with E-state index < -0.39 is 0 Å². The predicted molar refractivity (Wildman–Crippen MR) is 69.3 cm³/mol. The van der Waals surface area contributed by atoms with E-state index in [0.29, 0.717) is 12.0 Å². The van der Waals surface area contributed by atoms with Gasteiger partial charge in [-0.25, -0.2) is 4.39 Å². The van der Waals surface area contributed by atoms with Crippen LogP contribution in [0.1, 0.15) is 37.8 Å². The first kappa shape index (κ1) is 12.6. The molecule has 1 nitrogen and oxygen atoms in total. The van der Waals surface area contributed by atoms with Gasteiger partial charge in [0.2, 0.25) is 0 Å². The molecule has 1 aliphatic rings. The van der Waals surface area contributed by atoms with Gasteiger partial charge < -0.3 is 5.32 Å². The fraction of sp³-hybridized carbons (Fsp3) is 0.600. The lowest BCUT2D eigenvalue weighted by molar-refractivity contribution is 0.337. The highest BCUT2D eigenvalue weighted by atomic mass is 19.1. The lowest BCUT2D eigenvalue weighted by Gasteiger charge is -2.20. The Labute approximate surface area is 103 Å². The standard InChI is InChI=1S/C15H22FN/c1-11(2)15(6-7-15)10-17-9-13-8-12(3)4-5-14(13)16/h4-5,8,11,17H,6-7,9-10H2,1-3H3. The zero-order chi connectivity index (χ0) is 12.5. The van der Waals surface area contributed by atoms with Crippen LogP contribution in [0.4, 0.5) is 4.39 Å². The van der Waals surface area contributed by atoms with E-state index in [4.69, 9.17) is 0 Å². The Morgan fingerprint density at radius 3 is 2.65 bits per heavy atom. The summed E-state index contributed by atoms with van der Waals surface area (Å²) in [6.45, 7) is 8.21. The Kier molecular flexibility index (Phi) is 3.53. The summed E-state index contributed by atoms with van der Waals surface area (Å²) in [5.74, 6) is 0.620. The monoisotopic (exact) mass is 235 g/mol. The number of hydrogen-bond donors (Lipinski definition) is 1. The smallest absolute Gasteiger partial charge is 0.127 e. The van der Waals surface area contributed by atoms with Crippen molar-refractivity contribution in [2.75, 3.05) is 6.54 Å². The summed E-state index contributed by atoms with van der Waals surface area (Å²) in [5.41, 5.74) is 2.39. The van der Waals surface area contributed by atoms with Crippen molar-refractivity contribution in [2.45, 2.75) is 40.2 Å². The molecule has 0 spiro atoms. The van der Waals surface area contributed by atoms with Gasteiger partial charge in [-0.1, -0.05) is 31.5 Å². The second-order valence-corrected chi connectivity index (χ2v) is 5.72. The molecule has 1 saturated carbocycles. The fourth-order valence-electron chi connectivity index (χ4n) is 2.40. The molecule has 1 aliphatic carbocycles.